The number of carbonyl (C=O) groups excluding carboxylic acids is 3. The van der Waals surface area contributed by atoms with E-state index in [0.717, 1.165) is 56.9 Å². The number of aliphatic carboxylic acids is 1. The third kappa shape index (κ3) is 5.20. The Morgan fingerprint density at radius 1 is 1.02 bits per heavy atom. The maximum absolute atomic E-state index is 13.7. The first-order valence-electron chi connectivity index (χ1n) is 17.9. The molecule has 1 heterocycles. The van der Waals surface area contributed by atoms with E-state index in [1.165, 1.54) is 5.57 Å². The van der Waals surface area contributed by atoms with E-state index in [-0.39, 0.29) is 52.3 Å². The van der Waals surface area contributed by atoms with E-state index in [1.807, 2.05) is 0 Å². The van der Waals surface area contributed by atoms with Gasteiger partial charge in [0, 0.05) is 18.0 Å². The summed E-state index contributed by atoms with van der Waals surface area (Å²) >= 11 is 0. The number of hydrogen-bond donors (Lipinski definition) is 3. The zero-order valence-electron chi connectivity index (χ0n) is 29.6. The fourth-order valence-corrected chi connectivity index (χ4v) is 11.9. The van der Waals surface area contributed by atoms with E-state index in [9.17, 15) is 24.3 Å². The monoisotopic (exact) mass is 649 g/mol. The summed E-state index contributed by atoms with van der Waals surface area (Å²) in [5.41, 5.74) is 0.804. The van der Waals surface area contributed by atoms with Crippen LogP contribution in [-0.2, 0) is 19.1 Å². The predicted molar refractivity (Wildman–Crippen MR) is 177 cm³/mol. The van der Waals surface area contributed by atoms with E-state index < -0.39 is 22.9 Å². The number of Topliss-reactive ketones (excluding diaryl/α,β-unsaturated/α-hetero) is 1. The summed E-state index contributed by atoms with van der Waals surface area (Å²) < 4.78 is 6.11. The lowest BCUT2D eigenvalue weighted by atomic mass is 9.37. The third-order valence-corrected chi connectivity index (χ3v) is 14.1. The predicted octanol–water partition coefficient (Wildman–Crippen LogP) is 6.90. The lowest BCUT2D eigenvalue weighted by Crippen LogP contribution is -2.64. The van der Waals surface area contributed by atoms with Crippen molar-refractivity contribution >= 4 is 23.6 Å². The summed E-state index contributed by atoms with van der Waals surface area (Å²) in [4.78, 5) is 51.8. The lowest BCUT2D eigenvalue weighted by molar-refractivity contribution is -0.213. The van der Waals surface area contributed by atoms with Crippen molar-refractivity contribution in [1.29, 1.82) is 0 Å². The van der Waals surface area contributed by atoms with Crippen LogP contribution in [0.1, 0.15) is 130 Å². The van der Waals surface area contributed by atoms with Crippen molar-refractivity contribution in [2.45, 2.75) is 131 Å². The molecule has 3 N–H and O–H groups in total. The van der Waals surface area contributed by atoms with Crippen LogP contribution in [0.5, 0.6) is 0 Å². The normalized spacial score (nSPS) is 37.8. The van der Waals surface area contributed by atoms with Gasteiger partial charge in [-0.1, -0.05) is 41.5 Å². The maximum atomic E-state index is 13.7. The van der Waals surface area contributed by atoms with Crippen molar-refractivity contribution in [3.8, 4) is 0 Å². The van der Waals surface area contributed by atoms with Crippen LogP contribution in [0.15, 0.2) is 23.5 Å². The Kier molecular flexibility index (Phi) is 8.15. The van der Waals surface area contributed by atoms with Crippen LogP contribution in [0.3, 0.4) is 0 Å². The smallest absolute Gasteiger partial charge is 0.309 e. The number of nitrogens with one attached hydrogen (secondary N) is 2. The van der Waals surface area contributed by atoms with Gasteiger partial charge in [-0.15, -0.1) is 0 Å². The average Bonchev–Trinajstić information content (AvgIpc) is 3.60. The number of H-pyrrole nitrogens is 1. The second-order valence-corrected chi connectivity index (χ2v) is 17.8. The fourth-order valence-electron chi connectivity index (χ4n) is 11.9. The van der Waals surface area contributed by atoms with Gasteiger partial charge in [0.2, 0.25) is 0 Å². The van der Waals surface area contributed by atoms with Crippen LogP contribution in [0.25, 0.3) is 0 Å². The molecule has 6 rings (SSSR count). The molecule has 4 unspecified atom stereocenters. The van der Waals surface area contributed by atoms with Gasteiger partial charge in [-0.3, -0.25) is 24.3 Å². The Bertz CT molecular complexity index is 1490. The molecule has 5 aliphatic carbocycles. The Morgan fingerprint density at radius 2 is 1.72 bits per heavy atom. The molecule has 0 aromatic carbocycles. The number of rotatable bonds is 7. The van der Waals surface area contributed by atoms with E-state index in [0.29, 0.717) is 29.7 Å². The summed E-state index contributed by atoms with van der Waals surface area (Å²) in [5.74, 6) is 0.272. The quantitative estimate of drug-likeness (QED) is 0.273. The lowest BCUT2D eigenvalue weighted by Gasteiger charge is -2.68. The first-order valence-corrected chi connectivity index (χ1v) is 17.9. The number of allylic oxidation sites excluding steroid dienone is 1. The van der Waals surface area contributed by atoms with Crippen LogP contribution >= 0.6 is 0 Å². The highest BCUT2D eigenvalue weighted by Gasteiger charge is 2.67. The minimum atomic E-state index is -1.16. The van der Waals surface area contributed by atoms with Crippen LogP contribution in [0, 0.1) is 51.2 Å². The number of aromatic nitrogens is 2. The van der Waals surface area contributed by atoms with E-state index in [2.05, 4.69) is 57.1 Å². The van der Waals surface area contributed by atoms with Gasteiger partial charge in [-0.25, -0.2) is 0 Å². The minimum Gasteiger partial charge on any atom is -0.481 e. The number of carboxylic acids is 1. The minimum absolute atomic E-state index is 0.0789. The first-order chi connectivity index (χ1) is 21.9. The number of nitrogens with zero attached hydrogens (tertiary/aromatic N) is 1. The molecule has 9 heteroatoms. The number of amides is 1. The molecule has 4 saturated carbocycles. The molecular formula is C38H55N3O6. The highest BCUT2D eigenvalue weighted by molar-refractivity contribution is 6.03. The summed E-state index contributed by atoms with van der Waals surface area (Å²) in [6, 6.07) is 0. The molecular weight excluding hydrogens is 594 g/mol. The Balaban J connectivity index is 1.27. The highest BCUT2D eigenvalue weighted by atomic mass is 16.5. The number of carboxylic acid groups (broad SMARTS) is 1. The third-order valence-electron chi connectivity index (χ3n) is 14.1. The van der Waals surface area contributed by atoms with Crippen LogP contribution in [0.4, 0.5) is 0 Å². The Morgan fingerprint density at radius 3 is 2.36 bits per heavy atom. The molecule has 47 heavy (non-hydrogen) atoms. The number of ketones is 1. The summed E-state index contributed by atoms with van der Waals surface area (Å²) in [7, 11) is 0. The van der Waals surface area contributed by atoms with Crippen molar-refractivity contribution in [2.24, 2.45) is 51.2 Å². The van der Waals surface area contributed by atoms with Crippen LogP contribution in [0.2, 0.25) is 0 Å². The molecule has 4 fully saturated rings. The molecule has 0 saturated heterocycles. The van der Waals surface area contributed by atoms with Gasteiger partial charge in [0.05, 0.1) is 29.1 Å². The van der Waals surface area contributed by atoms with Gasteiger partial charge < -0.3 is 15.2 Å². The molecule has 1 aromatic rings. The van der Waals surface area contributed by atoms with Gasteiger partial charge in [-0.2, -0.15) is 5.10 Å². The molecule has 9 nitrogen and oxygen atoms in total. The van der Waals surface area contributed by atoms with Gasteiger partial charge in [0.1, 0.15) is 6.10 Å². The number of hydrogen-bond acceptors (Lipinski definition) is 6. The second kappa shape index (κ2) is 11.3. The van der Waals surface area contributed by atoms with Gasteiger partial charge in [0.25, 0.3) is 5.91 Å². The Labute approximate surface area is 279 Å². The van der Waals surface area contributed by atoms with Gasteiger partial charge in [0.15, 0.2) is 5.78 Å². The van der Waals surface area contributed by atoms with E-state index in [4.69, 9.17) is 4.74 Å². The molecule has 1 amide bonds. The molecule has 258 valence electrons. The summed E-state index contributed by atoms with van der Waals surface area (Å²) in [5, 5.41) is 19.7. The molecule has 0 spiro atoms. The molecule has 8 atom stereocenters. The zero-order valence-corrected chi connectivity index (χ0v) is 29.6. The molecule has 0 radical (unpaired) electrons. The van der Waals surface area contributed by atoms with Crippen molar-refractivity contribution < 1.29 is 29.0 Å². The number of esters is 1. The van der Waals surface area contributed by atoms with Gasteiger partial charge >= 0.3 is 11.9 Å². The molecule has 1 aromatic heterocycles. The van der Waals surface area contributed by atoms with Crippen molar-refractivity contribution in [3.05, 3.63) is 29.1 Å². The summed E-state index contributed by atoms with van der Waals surface area (Å²) in [6.45, 7) is 16.9. The van der Waals surface area contributed by atoms with Crippen molar-refractivity contribution in [2.75, 3.05) is 0 Å². The average molecular weight is 650 g/mol. The van der Waals surface area contributed by atoms with Crippen LogP contribution in [-0.4, -0.2) is 50.6 Å². The second-order valence-electron chi connectivity index (χ2n) is 17.8. The number of fused-ring (bicyclic) bond motifs is 7. The SMILES string of the molecule is CC(C)C1=C2C3CCC4[C@@](C)(CCC5C(C)(C)[C@@H](OC(=O)CC(C)(C)C(=O)O)CC[C@@]54C)C3CC[C@@]2(NC(=O)c2cn[nH]c2)CC1=O. The molecule has 0 bridgehead atoms. The number of carbonyl (C=O) groups is 4. The Hall–Kier alpha value is -2.97. The van der Waals surface area contributed by atoms with Crippen LogP contribution < -0.4 is 5.32 Å². The maximum Gasteiger partial charge on any atom is 0.309 e. The standard InChI is InChI=1S/C38H55N3O6/c1-21(2)30-25(42)17-38(41-32(44)22-19-39-40-20-22)16-11-24-23(31(30)38)9-10-27-36(24,7)14-12-26-35(5,6)28(13-15-37(26,27)8)47-29(43)18-34(3,4)33(45)46/h19-21,23-24,26-28H,9-18H2,1-8H3,(H,39,40)(H,41,44)(H,45,46)/t23?,24?,26?,27?,28-,36-,37-,38+/m0/s1. The summed E-state index contributed by atoms with van der Waals surface area (Å²) in [6.07, 6.45) is 10.9. The topological polar surface area (TPSA) is 138 Å². The number of aromatic amines is 1. The molecule has 5 aliphatic rings. The van der Waals surface area contributed by atoms with Crippen molar-refractivity contribution in [1.82, 2.24) is 15.5 Å². The fraction of sp³-hybridized carbons (Fsp3) is 0.763. The highest BCUT2D eigenvalue weighted by Crippen LogP contribution is 2.72. The first kappa shape index (κ1) is 33.9. The number of ether oxygens (including phenoxy) is 1. The largest absolute Gasteiger partial charge is 0.481 e. The zero-order chi connectivity index (χ0) is 34.3. The molecule has 0 aliphatic heterocycles. The van der Waals surface area contributed by atoms with E-state index in [1.54, 1.807) is 26.2 Å². The van der Waals surface area contributed by atoms with E-state index >= 15 is 0 Å². The van der Waals surface area contributed by atoms with Crippen molar-refractivity contribution in [3.63, 3.8) is 0 Å². The van der Waals surface area contributed by atoms with Gasteiger partial charge in [-0.05, 0) is 117 Å².